The molecule has 0 aromatic carbocycles. The van der Waals surface area contributed by atoms with Crippen LogP contribution in [0.3, 0.4) is 0 Å². The molecule has 14 heavy (non-hydrogen) atoms. The molecule has 2 aliphatic heterocycles. The van der Waals surface area contributed by atoms with E-state index >= 15 is 0 Å². The highest BCUT2D eigenvalue weighted by Crippen LogP contribution is 2.39. The second-order valence-corrected chi connectivity index (χ2v) is 4.37. The smallest absolute Gasteiger partial charge is 0.168 e. The number of methoxy groups -OCH3 is 2. The molecule has 2 aliphatic rings. The van der Waals surface area contributed by atoms with E-state index in [0.29, 0.717) is 12.2 Å². The molecule has 2 saturated heterocycles. The Bertz CT molecular complexity index is 195. The highest BCUT2D eigenvalue weighted by molar-refractivity contribution is 4.85. The summed E-state index contributed by atoms with van der Waals surface area (Å²) < 4.78 is 16.9. The van der Waals surface area contributed by atoms with Crippen molar-refractivity contribution in [3.05, 3.63) is 0 Å². The Kier molecular flexibility index (Phi) is 3.10. The maximum absolute atomic E-state index is 5.95. The fourth-order valence-corrected chi connectivity index (χ4v) is 2.57. The molecule has 82 valence electrons. The molecule has 3 atom stereocenters. The van der Waals surface area contributed by atoms with Gasteiger partial charge in [0.25, 0.3) is 0 Å². The van der Waals surface area contributed by atoms with Gasteiger partial charge in [-0.25, -0.2) is 0 Å². The summed E-state index contributed by atoms with van der Waals surface area (Å²) in [4.78, 5) is 0. The van der Waals surface area contributed by atoms with Crippen LogP contribution in [0.25, 0.3) is 0 Å². The lowest BCUT2D eigenvalue weighted by molar-refractivity contribution is -0.224. The zero-order chi connectivity index (χ0) is 10.0. The molecule has 0 N–H and O–H groups in total. The summed E-state index contributed by atoms with van der Waals surface area (Å²) in [6.07, 6.45) is 7.25. The zero-order valence-electron chi connectivity index (χ0n) is 9.12. The van der Waals surface area contributed by atoms with Gasteiger partial charge in [-0.15, -0.1) is 0 Å². The van der Waals surface area contributed by atoms with Crippen LogP contribution in [0.15, 0.2) is 0 Å². The number of hydrogen-bond donors (Lipinski definition) is 0. The fraction of sp³-hybridized carbons (Fsp3) is 1.00. The van der Waals surface area contributed by atoms with Crippen LogP contribution in [-0.2, 0) is 14.2 Å². The zero-order valence-corrected chi connectivity index (χ0v) is 9.12. The summed E-state index contributed by atoms with van der Waals surface area (Å²) in [7, 11) is 3.56. The Morgan fingerprint density at radius 1 is 1.07 bits per heavy atom. The summed E-state index contributed by atoms with van der Waals surface area (Å²) in [5.74, 6) is -0.290. The van der Waals surface area contributed by atoms with Crippen molar-refractivity contribution in [2.24, 2.45) is 0 Å². The molecule has 0 aromatic rings. The summed E-state index contributed by atoms with van der Waals surface area (Å²) in [6.45, 7) is 0. The number of fused-ring (bicyclic) bond motifs is 2. The third kappa shape index (κ3) is 1.95. The first kappa shape index (κ1) is 10.4. The van der Waals surface area contributed by atoms with E-state index in [1.807, 2.05) is 0 Å². The van der Waals surface area contributed by atoms with Crippen LogP contribution in [0.1, 0.15) is 38.5 Å². The van der Waals surface area contributed by atoms with Crippen LogP contribution in [0, 0.1) is 0 Å². The predicted octanol–water partition coefficient (Wildman–Crippen LogP) is 2.10. The first-order valence-electron chi connectivity index (χ1n) is 5.54. The minimum absolute atomic E-state index is 0.290. The Morgan fingerprint density at radius 2 is 1.86 bits per heavy atom. The molecule has 3 nitrogen and oxygen atoms in total. The molecule has 0 aliphatic carbocycles. The van der Waals surface area contributed by atoms with E-state index in [0.717, 1.165) is 38.5 Å². The van der Waals surface area contributed by atoms with Crippen LogP contribution in [0.5, 0.6) is 0 Å². The van der Waals surface area contributed by atoms with E-state index in [4.69, 9.17) is 14.2 Å². The lowest BCUT2D eigenvalue weighted by Crippen LogP contribution is -2.35. The maximum atomic E-state index is 5.95. The van der Waals surface area contributed by atoms with Crippen molar-refractivity contribution in [2.45, 2.75) is 56.5 Å². The van der Waals surface area contributed by atoms with E-state index in [1.54, 1.807) is 14.2 Å². The molecule has 3 heteroatoms. The van der Waals surface area contributed by atoms with Crippen molar-refractivity contribution in [3.8, 4) is 0 Å². The van der Waals surface area contributed by atoms with Crippen molar-refractivity contribution in [3.63, 3.8) is 0 Å². The van der Waals surface area contributed by atoms with E-state index in [2.05, 4.69) is 0 Å². The third-order valence-corrected chi connectivity index (χ3v) is 3.59. The molecule has 2 heterocycles. The molecule has 2 fully saturated rings. The Labute approximate surface area is 85.7 Å². The molecule has 2 bridgehead atoms. The lowest BCUT2D eigenvalue weighted by Gasteiger charge is -2.32. The highest BCUT2D eigenvalue weighted by atomic mass is 16.7. The quantitative estimate of drug-likeness (QED) is 0.683. The van der Waals surface area contributed by atoms with Crippen molar-refractivity contribution >= 4 is 0 Å². The van der Waals surface area contributed by atoms with Gasteiger partial charge in [0.2, 0.25) is 0 Å². The molecule has 0 spiro atoms. The van der Waals surface area contributed by atoms with Crippen molar-refractivity contribution in [2.75, 3.05) is 14.2 Å². The minimum Gasteiger partial charge on any atom is -0.381 e. The van der Waals surface area contributed by atoms with Gasteiger partial charge in [-0.1, -0.05) is 0 Å². The normalized spacial score (nSPS) is 43.3. The first-order valence-corrected chi connectivity index (χ1v) is 5.54. The number of ether oxygens (including phenoxy) is 3. The van der Waals surface area contributed by atoms with Crippen molar-refractivity contribution < 1.29 is 14.2 Å². The van der Waals surface area contributed by atoms with Gasteiger partial charge in [0.15, 0.2) is 5.79 Å². The van der Waals surface area contributed by atoms with E-state index in [-0.39, 0.29) is 5.79 Å². The molecular formula is C11H20O3. The van der Waals surface area contributed by atoms with Crippen LogP contribution in [-0.4, -0.2) is 32.2 Å². The fourth-order valence-electron chi connectivity index (χ4n) is 2.57. The Balaban J connectivity index is 2.01. The second-order valence-electron chi connectivity index (χ2n) is 4.37. The summed E-state index contributed by atoms with van der Waals surface area (Å²) in [5.41, 5.74) is 0. The van der Waals surface area contributed by atoms with Gasteiger partial charge in [0, 0.05) is 27.1 Å². The summed E-state index contributed by atoms with van der Waals surface area (Å²) >= 11 is 0. The minimum atomic E-state index is -0.290. The average molecular weight is 200 g/mol. The van der Waals surface area contributed by atoms with Crippen molar-refractivity contribution in [1.82, 2.24) is 0 Å². The topological polar surface area (TPSA) is 27.7 Å². The van der Waals surface area contributed by atoms with Crippen LogP contribution < -0.4 is 0 Å². The molecule has 0 radical (unpaired) electrons. The van der Waals surface area contributed by atoms with Crippen LogP contribution in [0.2, 0.25) is 0 Å². The van der Waals surface area contributed by atoms with E-state index in [9.17, 15) is 0 Å². The summed E-state index contributed by atoms with van der Waals surface area (Å²) in [5, 5.41) is 0. The lowest BCUT2D eigenvalue weighted by atomic mass is 10.0. The van der Waals surface area contributed by atoms with Crippen LogP contribution >= 0.6 is 0 Å². The van der Waals surface area contributed by atoms with Gasteiger partial charge in [0.1, 0.15) is 0 Å². The summed E-state index contributed by atoms with van der Waals surface area (Å²) in [6, 6.07) is 0. The molecular weight excluding hydrogens is 180 g/mol. The van der Waals surface area contributed by atoms with E-state index < -0.39 is 0 Å². The van der Waals surface area contributed by atoms with Gasteiger partial charge in [0.05, 0.1) is 12.2 Å². The Hall–Kier alpha value is -0.120. The highest BCUT2D eigenvalue weighted by Gasteiger charge is 2.42. The third-order valence-electron chi connectivity index (χ3n) is 3.59. The van der Waals surface area contributed by atoms with Gasteiger partial charge in [-0.2, -0.15) is 0 Å². The molecule has 0 amide bonds. The Morgan fingerprint density at radius 3 is 2.57 bits per heavy atom. The van der Waals surface area contributed by atoms with E-state index in [1.165, 1.54) is 0 Å². The number of rotatable bonds is 2. The second kappa shape index (κ2) is 4.17. The average Bonchev–Trinajstić information content (AvgIpc) is 2.62. The standard InChI is InChI=1S/C11H20O3/c1-12-9-3-4-10-6-8-11(13-2,14-10)7-5-9/h9-10H,3-8H2,1-2H3/t9-,10-,11+/m0/s1. The van der Waals surface area contributed by atoms with Gasteiger partial charge < -0.3 is 14.2 Å². The monoisotopic (exact) mass is 200 g/mol. The number of hydrogen-bond acceptors (Lipinski definition) is 3. The predicted molar refractivity (Wildman–Crippen MR) is 53.1 cm³/mol. The van der Waals surface area contributed by atoms with Crippen molar-refractivity contribution in [1.29, 1.82) is 0 Å². The van der Waals surface area contributed by atoms with Gasteiger partial charge in [-0.05, 0) is 25.7 Å². The largest absolute Gasteiger partial charge is 0.381 e. The molecule has 2 rings (SSSR count). The van der Waals surface area contributed by atoms with Crippen LogP contribution in [0.4, 0.5) is 0 Å². The molecule has 0 unspecified atom stereocenters. The molecule has 0 saturated carbocycles. The maximum Gasteiger partial charge on any atom is 0.168 e. The van der Waals surface area contributed by atoms with Gasteiger partial charge >= 0.3 is 0 Å². The van der Waals surface area contributed by atoms with Gasteiger partial charge in [-0.3, -0.25) is 0 Å². The SMILES string of the molecule is CO[C@H]1CC[C@H]2CC[C@@](OC)(CC1)O2. The first-order chi connectivity index (χ1) is 6.78. The molecule has 0 aromatic heterocycles.